The number of aliphatic hydroxyl groups is 1. The van der Waals surface area contributed by atoms with Gasteiger partial charge < -0.3 is 15.3 Å². The fraction of sp³-hybridized carbons (Fsp3) is 0.323. The Hall–Kier alpha value is -4.42. The number of halogens is 3. The van der Waals surface area contributed by atoms with Gasteiger partial charge in [-0.3, -0.25) is 9.69 Å². The summed E-state index contributed by atoms with van der Waals surface area (Å²) < 4.78 is 43.2. The van der Waals surface area contributed by atoms with E-state index in [1.54, 1.807) is 0 Å². The van der Waals surface area contributed by atoms with Crippen LogP contribution in [0.5, 0.6) is 0 Å². The molecule has 0 aliphatic carbocycles. The number of carbonyl (C=O) groups is 1. The van der Waals surface area contributed by atoms with Gasteiger partial charge in [0.2, 0.25) is 5.91 Å². The van der Waals surface area contributed by atoms with E-state index in [1.807, 2.05) is 73.3 Å². The lowest BCUT2D eigenvalue weighted by Gasteiger charge is -2.39. The van der Waals surface area contributed by atoms with Crippen LogP contribution in [-0.2, 0) is 17.6 Å². The molecule has 1 fully saturated rings. The van der Waals surface area contributed by atoms with Gasteiger partial charge in [-0.15, -0.1) is 0 Å². The van der Waals surface area contributed by atoms with E-state index >= 15 is 0 Å². The maximum Gasteiger partial charge on any atom is 0.416 e. The number of alkyl halides is 3. The van der Waals surface area contributed by atoms with Gasteiger partial charge in [-0.25, -0.2) is 14.0 Å². The first kappa shape index (κ1) is 30.1. The van der Waals surface area contributed by atoms with Gasteiger partial charge in [0, 0.05) is 37.6 Å². The predicted octanol–water partition coefficient (Wildman–Crippen LogP) is 4.63. The number of nitrogens with one attached hydrogen (secondary N) is 1. The van der Waals surface area contributed by atoms with Crippen molar-refractivity contribution in [2.45, 2.75) is 38.7 Å². The molecule has 0 saturated carbocycles. The molecule has 1 aliphatic heterocycles. The number of rotatable bonds is 8. The highest BCUT2D eigenvalue weighted by Crippen LogP contribution is 2.33. The molecular formula is C31H33F3N6O3. The van der Waals surface area contributed by atoms with Gasteiger partial charge in [0.15, 0.2) is 0 Å². The predicted molar refractivity (Wildman–Crippen MR) is 157 cm³/mol. The van der Waals surface area contributed by atoms with Gasteiger partial charge in [-0.1, -0.05) is 30.3 Å². The van der Waals surface area contributed by atoms with Gasteiger partial charge in [-0.2, -0.15) is 18.3 Å². The number of aromatic nitrogens is 3. The zero-order chi connectivity index (χ0) is 30.7. The standard InChI is InChI=1S/C31H33F3N6O3/c1-21(2)40-30(43)39(20-35-40)27-10-8-26(9-11-27)37-12-14-38(15-13-37)28(23-6-4-3-5-7-23)29(42)36-25-17-22(19-41)16-24(18-25)31(32,33)34/h3-11,16-18,20-21,28,41H,12-15,19H2,1-2H3,(H,36,42). The molecule has 2 heterocycles. The summed E-state index contributed by atoms with van der Waals surface area (Å²) >= 11 is 0. The van der Waals surface area contributed by atoms with Crippen molar-refractivity contribution in [3.63, 3.8) is 0 Å². The third-order valence-corrected chi connectivity index (χ3v) is 7.49. The number of hydrogen-bond donors (Lipinski definition) is 2. The Labute approximate surface area is 246 Å². The lowest BCUT2D eigenvalue weighted by molar-refractivity contribution is -0.137. The summed E-state index contributed by atoms with van der Waals surface area (Å²) in [5, 5.41) is 16.3. The molecule has 2 N–H and O–H groups in total. The van der Waals surface area contributed by atoms with E-state index in [0.29, 0.717) is 31.9 Å². The number of anilines is 2. The van der Waals surface area contributed by atoms with Crippen molar-refractivity contribution >= 4 is 17.3 Å². The molecule has 9 nitrogen and oxygen atoms in total. The van der Waals surface area contributed by atoms with E-state index in [0.717, 1.165) is 23.4 Å². The number of aliphatic hydroxyl groups excluding tert-OH is 1. The summed E-state index contributed by atoms with van der Waals surface area (Å²) in [6.07, 6.45) is -3.11. The van der Waals surface area contributed by atoms with Crippen LogP contribution >= 0.6 is 0 Å². The highest BCUT2D eigenvalue weighted by molar-refractivity contribution is 5.95. The number of amides is 1. The van der Waals surface area contributed by atoms with Crippen LogP contribution in [0.2, 0.25) is 0 Å². The molecule has 3 aromatic carbocycles. The molecule has 1 unspecified atom stereocenters. The van der Waals surface area contributed by atoms with Crippen LogP contribution in [0.15, 0.2) is 83.9 Å². The topological polar surface area (TPSA) is 95.6 Å². The van der Waals surface area contributed by atoms with Crippen LogP contribution in [0.1, 0.15) is 42.6 Å². The highest BCUT2D eigenvalue weighted by atomic mass is 19.4. The van der Waals surface area contributed by atoms with E-state index in [9.17, 15) is 27.9 Å². The minimum Gasteiger partial charge on any atom is -0.392 e. The molecule has 5 rings (SSSR count). The SMILES string of the molecule is CC(C)n1ncn(-c2ccc(N3CCN(C(C(=O)Nc4cc(CO)cc(C(F)(F)F)c4)c4ccccc4)CC3)cc2)c1=O. The summed E-state index contributed by atoms with van der Waals surface area (Å²) in [7, 11) is 0. The van der Waals surface area contributed by atoms with Crippen LogP contribution in [0.4, 0.5) is 24.5 Å². The van der Waals surface area contributed by atoms with Gasteiger partial charge in [0.05, 0.1) is 23.9 Å². The third kappa shape index (κ3) is 6.65. The van der Waals surface area contributed by atoms with Crippen LogP contribution in [0.3, 0.4) is 0 Å². The van der Waals surface area contributed by atoms with Crippen molar-refractivity contribution in [3.05, 3.63) is 106 Å². The lowest BCUT2D eigenvalue weighted by Crippen LogP contribution is -2.50. The van der Waals surface area contributed by atoms with Gasteiger partial charge >= 0.3 is 11.9 Å². The number of carbonyl (C=O) groups excluding carboxylic acids is 1. The van der Waals surface area contributed by atoms with E-state index < -0.39 is 30.3 Å². The smallest absolute Gasteiger partial charge is 0.392 e. The van der Waals surface area contributed by atoms with Crippen LogP contribution < -0.4 is 15.9 Å². The number of benzene rings is 3. The Kier molecular flexibility index (Phi) is 8.69. The molecule has 43 heavy (non-hydrogen) atoms. The molecule has 1 aromatic heterocycles. The number of nitrogens with zero attached hydrogens (tertiary/aromatic N) is 5. The zero-order valence-corrected chi connectivity index (χ0v) is 23.8. The molecule has 0 radical (unpaired) electrons. The molecule has 226 valence electrons. The fourth-order valence-electron chi connectivity index (χ4n) is 5.30. The first-order chi connectivity index (χ1) is 20.5. The molecule has 1 saturated heterocycles. The summed E-state index contributed by atoms with van der Waals surface area (Å²) in [6.45, 7) is 5.48. The fourth-order valence-corrected chi connectivity index (χ4v) is 5.30. The van der Waals surface area contributed by atoms with Crippen LogP contribution in [-0.4, -0.2) is 56.4 Å². The molecule has 0 bridgehead atoms. The highest BCUT2D eigenvalue weighted by Gasteiger charge is 2.33. The average Bonchev–Trinajstić information content (AvgIpc) is 3.39. The second kappa shape index (κ2) is 12.4. The Bertz CT molecular complexity index is 1610. The molecule has 1 atom stereocenters. The summed E-state index contributed by atoms with van der Waals surface area (Å²) in [5.74, 6) is -0.459. The molecule has 12 heteroatoms. The summed E-state index contributed by atoms with van der Waals surface area (Å²) in [6, 6.07) is 19.0. The van der Waals surface area contributed by atoms with E-state index in [4.69, 9.17) is 0 Å². The number of piperazine rings is 1. The Morgan fingerprint density at radius 2 is 1.60 bits per heavy atom. The van der Waals surface area contributed by atoms with E-state index in [1.165, 1.54) is 21.6 Å². The second-order valence-electron chi connectivity index (χ2n) is 10.7. The normalized spacial score (nSPS) is 15.1. The molecule has 1 amide bonds. The maximum atomic E-state index is 13.6. The summed E-state index contributed by atoms with van der Waals surface area (Å²) in [5.41, 5.74) is 1.27. The van der Waals surface area contributed by atoms with Gasteiger partial charge in [0.25, 0.3) is 0 Å². The second-order valence-corrected chi connectivity index (χ2v) is 10.7. The van der Waals surface area contributed by atoms with Gasteiger partial charge in [-0.05, 0) is 67.4 Å². The first-order valence-corrected chi connectivity index (χ1v) is 14.0. The largest absolute Gasteiger partial charge is 0.416 e. The lowest BCUT2D eigenvalue weighted by atomic mass is 10.0. The number of hydrogen-bond acceptors (Lipinski definition) is 6. The van der Waals surface area contributed by atoms with Crippen molar-refractivity contribution in [1.82, 2.24) is 19.2 Å². The summed E-state index contributed by atoms with van der Waals surface area (Å²) in [4.78, 5) is 30.4. The Morgan fingerprint density at radius 1 is 0.953 bits per heavy atom. The van der Waals surface area contributed by atoms with Crippen LogP contribution in [0, 0.1) is 0 Å². The zero-order valence-electron chi connectivity index (χ0n) is 23.8. The molecule has 4 aromatic rings. The van der Waals surface area contributed by atoms with Crippen LogP contribution in [0.25, 0.3) is 5.69 Å². The Balaban J connectivity index is 1.31. The van der Waals surface area contributed by atoms with E-state index in [-0.39, 0.29) is 23.0 Å². The quantitative estimate of drug-likeness (QED) is 0.309. The van der Waals surface area contributed by atoms with Crippen molar-refractivity contribution in [2.75, 3.05) is 36.4 Å². The minimum atomic E-state index is -4.62. The monoisotopic (exact) mass is 594 g/mol. The molecule has 0 spiro atoms. The van der Waals surface area contributed by atoms with Crippen molar-refractivity contribution in [2.24, 2.45) is 0 Å². The maximum absolute atomic E-state index is 13.6. The average molecular weight is 595 g/mol. The van der Waals surface area contributed by atoms with Crippen molar-refractivity contribution in [3.8, 4) is 5.69 Å². The third-order valence-electron chi connectivity index (χ3n) is 7.49. The molecular weight excluding hydrogens is 561 g/mol. The van der Waals surface area contributed by atoms with Crippen molar-refractivity contribution in [1.29, 1.82) is 0 Å². The Morgan fingerprint density at radius 3 is 2.19 bits per heavy atom. The molecule has 1 aliphatic rings. The minimum absolute atomic E-state index is 0.0263. The van der Waals surface area contributed by atoms with E-state index in [2.05, 4.69) is 15.3 Å². The van der Waals surface area contributed by atoms with Crippen molar-refractivity contribution < 1.29 is 23.1 Å². The van der Waals surface area contributed by atoms with Gasteiger partial charge in [0.1, 0.15) is 12.4 Å². The first-order valence-electron chi connectivity index (χ1n) is 14.0.